The molecule has 1 aromatic carbocycles. The number of hydrogen-bond donors (Lipinski definition) is 0. The number of benzene rings is 1. The molecule has 0 radical (unpaired) electrons. The minimum absolute atomic E-state index is 0.0329. The number of nitrogens with zero attached hydrogens (tertiary/aromatic N) is 2. The van der Waals surface area contributed by atoms with E-state index in [0.29, 0.717) is 11.4 Å². The molecule has 0 aliphatic carbocycles. The van der Waals surface area contributed by atoms with Crippen molar-refractivity contribution in [2.75, 3.05) is 30.2 Å². The number of rotatable bonds is 2. The SMILES string of the molecule is CS(=O)(=O)N1CC(C(=O)N2CCCCC2)Oc2ccccc21. The zero-order valence-electron chi connectivity index (χ0n) is 12.6. The Morgan fingerprint density at radius 3 is 2.55 bits per heavy atom. The summed E-state index contributed by atoms with van der Waals surface area (Å²) in [5.41, 5.74) is 0.493. The third-order valence-electron chi connectivity index (χ3n) is 4.08. The fourth-order valence-corrected chi connectivity index (χ4v) is 3.88. The maximum atomic E-state index is 12.6. The van der Waals surface area contributed by atoms with Crippen molar-refractivity contribution < 1.29 is 17.9 Å². The first kappa shape index (κ1) is 15.1. The van der Waals surface area contributed by atoms with Crippen LogP contribution in [0.2, 0.25) is 0 Å². The Balaban J connectivity index is 1.88. The lowest BCUT2D eigenvalue weighted by molar-refractivity contribution is -0.139. The van der Waals surface area contributed by atoms with Crippen LogP contribution < -0.4 is 9.04 Å². The maximum Gasteiger partial charge on any atom is 0.265 e. The fourth-order valence-electron chi connectivity index (χ4n) is 2.96. The van der Waals surface area contributed by atoms with Crippen molar-refractivity contribution in [1.29, 1.82) is 0 Å². The first-order chi connectivity index (χ1) is 10.5. The van der Waals surface area contributed by atoms with Gasteiger partial charge in [-0.05, 0) is 31.4 Å². The van der Waals surface area contributed by atoms with E-state index < -0.39 is 16.1 Å². The van der Waals surface area contributed by atoms with Gasteiger partial charge >= 0.3 is 0 Å². The van der Waals surface area contributed by atoms with Gasteiger partial charge in [0, 0.05) is 13.1 Å². The second-order valence-electron chi connectivity index (χ2n) is 5.75. The molecule has 1 amide bonds. The second kappa shape index (κ2) is 5.79. The number of anilines is 1. The van der Waals surface area contributed by atoms with Crippen molar-refractivity contribution in [3.05, 3.63) is 24.3 Å². The van der Waals surface area contributed by atoms with E-state index in [1.54, 1.807) is 29.2 Å². The summed E-state index contributed by atoms with van der Waals surface area (Å²) in [4.78, 5) is 14.4. The minimum Gasteiger partial charge on any atom is -0.476 e. The summed E-state index contributed by atoms with van der Waals surface area (Å²) < 4.78 is 31.1. The molecule has 1 fully saturated rings. The summed E-state index contributed by atoms with van der Waals surface area (Å²) in [5, 5.41) is 0. The van der Waals surface area contributed by atoms with E-state index in [-0.39, 0.29) is 12.5 Å². The molecule has 6 nitrogen and oxygen atoms in total. The topological polar surface area (TPSA) is 66.9 Å². The van der Waals surface area contributed by atoms with Crippen LogP contribution in [-0.2, 0) is 14.8 Å². The highest BCUT2D eigenvalue weighted by atomic mass is 32.2. The van der Waals surface area contributed by atoms with Crippen LogP contribution in [0.5, 0.6) is 5.75 Å². The molecule has 1 saturated heterocycles. The van der Waals surface area contributed by atoms with Gasteiger partial charge in [0.15, 0.2) is 6.10 Å². The summed E-state index contributed by atoms with van der Waals surface area (Å²) in [6.07, 6.45) is 3.49. The summed E-state index contributed by atoms with van der Waals surface area (Å²) in [5.74, 6) is 0.317. The van der Waals surface area contributed by atoms with Crippen LogP contribution in [0.15, 0.2) is 24.3 Å². The summed E-state index contributed by atoms with van der Waals surface area (Å²) in [6, 6.07) is 6.92. The van der Waals surface area contributed by atoms with Gasteiger partial charge in [-0.25, -0.2) is 8.42 Å². The molecule has 2 heterocycles. The predicted molar refractivity (Wildman–Crippen MR) is 83.5 cm³/mol. The molecule has 0 saturated carbocycles. The van der Waals surface area contributed by atoms with Crippen molar-refractivity contribution >= 4 is 21.6 Å². The lowest BCUT2D eigenvalue weighted by Crippen LogP contribution is -2.52. The average Bonchev–Trinajstić information content (AvgIpc) is 2.53. The molecule has 7 heteroatoms. The highest BCUT2D eigenvalue weighted by Crippen LogP contribution is 2.35. The quantitative estimate of drug-likeness (QED) is 0.820. The second-order valence-corrected chi connectivity index (χ2v) is 7.66. The molecular weight excluding hydrogens is 304 g/mol. The summed E-state index contributed by atoms with van der Waals surface area (Å²) in [6.45, 7) is 1.48. The van der Waals surface area contributed by atoms with E-state index in [1.807, 2.05) is 0 Å². The number of sulfonamides is 1. The Kier molecular flexibility index (Phi) is 3.99. The molecule has 3 rings (SSSR count). The van der Waals surface area contributed by atoms with Crippen LogP contribution >= 0.6 is 0 Å². The van der Waals surface area contributed by atoms with Crippen molar-refractivity contribution in [1.82, 2.24) is 4.90 Å². The molecule has 0 bridgehead atoms. The van der Waals surface area contributed by atoms with Crippen LogP contribution in [0.3, 0.4) is 0 Å². The third kappa shape index (κ3) is 2.90. The maximum absolute atomic E-state index is 12.6. The first-order valence-electron chi connectivity index (χ1n) is 7.49. The van der Waals surface area contributed by atoms with Crippen molar-refractivity contribution in [3.63, 3.8) is 0 Å². The van der Waals surface area contributed by atoms with Crippen LogP contribution in [-0.4, -0.2) is 51.2 Å². The van der Waals surface area contributed by atoms with Crippen molar-refractivity contribution in [2.45, 2.75) is 25.4 Å². The van der Waals surface area contributed by atoms with E-state index in [9.17, 15) is 13.2 Å². The molecule has 0 aromatic heterocycles. The van der Waals surface area contributed by atoms with E-state index in [2.05, 4.69) is 0 Å². The number of hydrogen-bond acceptors (Lipinski definition) is 4. The molecule has 120 valence electrons. The van der Waals surface area contributed by atoms with Gasteiger partial charge in [-0.15, -0.1) is 0 Å². The summed E-state index contributed by atoms with van der Waals surface area (Å²) in [7, 11) is -3.45. The van der Waals surface area contributed by atoms with Crippen molar-refractivity contribution in [2.24, 2.45) is 0 Å². The third-order valence-corrected chi connectivity index (χ3v) is 5.22. The number of carbonyl (C=O) groups excluding carboxylic acids is 1. The van der Waals surface area contributed by atoms with Crippen LogP contribution in [0.1, 0.15) is 19.3 Å². The molecule has 0 spiro atoms. The number of fused-ring (bicyclic) bond motifs is 1. The van der Waals surface area contributed by atoms with Crippen molar-refractivity contribution in [3.8, 4) is 5.75 Å². The van der Waals surface area contributed by atoms with E-state index >= 15 is 0 Å². The molecule has 2 aliphatic rings. The zero-order valence-corrected chi connectivity index (χ0v) is 13.4. The largest absolute Gasteiger partial charge is 0.476 e. The van der Waals surface area contributed by atoms with E-state index in [1.165, 1.54) is 4.31 Å². The lowest BCUT2D eigenvalue weighted by atomic mass is 10.1. The highest BCUT2D eigenvalue weighted by Gasteiger charge is 2.37. The Morgan fingerprint density at radius 2 is 1.86 bits per heavy atom. The van der Waals surface area contributed by atoms with Gasteiger partial charge in [0.25, 0.3) is 5.91 Å². The van der Waals surface area contributed by atoms with E-state index in [0.717, 1.165) is 38.6 Å². The predicted octanol–water partition coefficient (Wildman–Crippen LogP) is 1.23. The van der Waals surface area contributed by atoms with E-state index in [4.69, 9.17) is 4.74 Å². The number of para-hydroxylation sites is 2. The standard InChI is InChI=1S/C15H20N2O4S/c1-22(19,20)17-11-14(15(18)16-9-5-2-6-10-16)21-13-8-4-3-7-12(13)17/h3-4,7-8,14H,2,5-6,9-11H2,1H3. The monoisotopic (exact) mass is 324 g/mol. The van der Waals surface area contributed by atoms with Gasteiger partial charge < -0.3 is 9.64 Å². The average molecular weight is 324 g/mol. The molecular formula is C15H20N2O4S. The first-order valence-corrected chi connectivity index (χ1v) is 9.34. The Bertz CT molecular complexity index is 668. The normalized spacial score (nSPS) is 22.0. The highest BCUT2D eigenvalue weighted by molar-refractivity contribution is 7.92. The van der Waals surface area contributed by atoms with Crippen LogP contribution in [0.25, 0.3) is 0 Å². The zero-order chi connectivity index (χ0) is 15.7. The van der Waals surface area contributed by atoms with Crippen LogP contribution in [0, 0.1) is 0 Å². The number of ether oxygens (including phenoxy) is 1. The molecule has 2 aliphatic heterocycles. The number of piperidine rings is 1. The molecule has 22 heavy (non-hydrogen) atoms. The minimum atomic E-state index is -3.45. The van der Waals surface area contributed by atoms with Gasteiger partial charge in [0.05, 0.1) is 18.5 Å². The molecule has 1 aromatic rings. The molecule has 1 atom stereocenters. The molecule has 1 unspecified atom stereocenters. The Hall–Kier alpha value is -1.76. The number of amides is 1. The Morgan fingerprint density at radius 1 is 1.18 bits per heavy atom. The molecule has 0 N–H and O–H groups in total. The van der Waals surface area contributed by atoms with Gasteiger partial charge in [0.2, 0.25) is 10.0 Å². The lowest BCUT2D eigenvalue weighted by Gasteiger charge is -2.37. The van der Waals surface area contributed by atoms with Crippen LogP contribution in [0.4, 0.5) is 5.69 Å². The number of carbonyl (C=O) groups is 1. The summed E-state index contributed by atoms with van der Waals surface area (Å²) >= 11 is 0. The number of likely N-dealkylation sites (tertiary alicyclic amines) is 1. The van der Waals surface area contributed by atoms with Gasteiger partial charge in [-0.3, -0.25) is 9.10 Å². The Labute approximate surface area is 130 Å². The van der Waals surface area contributed by atoms with Gasteiger partial charge in [-0.1, -0.05) is 12.1 Å². The fraction of sp³-hybridized carbons (Fsp3) is 0.533. The smallest absolute Gasteiger partial charge is 0.265 e. The van der Waals surface area contributed by atoms with Gasteiger partial charge in [0.1, 0.15) is 5.75 Å². The van der Waals surface area contributed by atoms with Gasteiger partial charge in [-0.2, -0.15) is 0 Å².